The van der Waals surface area contributed by atoms with E-state index in [1.807, 2.05) is 22.0 Å². The topological polar surface area (TPSA) is 178 Å². The van der Waals surface area contributed by atoms with Gasteiger partial charge in [0.05, 0.1) is 16.3 Å². The third-order valence-corrected chi connectivity index (χ3v) is 10.4. The van der Waals surface area contributed by atoms with Crippen LogP contribution in [-0.4, -0.2) is 74.6 Å². The number of fused-ring (bicyclic) bond motifs is 1. The molecular formula is C28H28ClN6O8PS2. The molecule has 1 fully saturated rings. The molecule has 0 radical (unpaired) electrons. The number of thiazole rings is 1. The highest BCUT2D eigenvalue weighted by Crippen LogP contribution is 2.36. The van der Waals surface area contributed by atoms with Crippen molar-refractivity contribution in [2.75, 3.05) is 32.0 Å². The van der Waals surface area contributed by atoms with Crippen LogP contribution in [0.4, 0.5) is 5.95 Å². The number of hydrogen-bond donors (Lipinski definition) is 3. The number of halogens is 1. The number of piperidine rings is 1. The van der Waals surface area contributed by atoms with Crippen molar-refractivity contribution < 1.29 is 36.8 Å². The predicted molar refractivity (Wildman–Crippen MR) is 171 cm³/mol. The number of ether oxygens (including phenoxy) is 2. The van der Waals surface area contributed by atoms with E-state index < -0.39 is 24.6 Å². The second kappa shape index (κ2) is 13.7. The molecule has 5 aromatic rings. The molecule has 46 heavy (non-hydrogen) atoms. The number of hydrogen-bond acceptors (Lipinski definition) is 11. The molecule has 3 N–H and O–H groups in total. The Morgan fingerprint density at radius 2 is 1.93 bits per heavy atom. The number of rotatable bonds is 12. The van der Waals surface area contributed by atoms with E-state index in [0.29, 0.717) is 41.1 Å². The van der Waals surface area contributed by atoms with Gasteiger partial charge in [-0.15, -0.1) is 11.3 Å². The largest absolute Gasteiger partial charge is 0.471 e. The Morgan fingerprint density at radius 1 is 1.11 bits per heavy atom. The molecule has 4 heterocycles. The van der Waals surface area contributed by atoms with Gasteiger partial charge in [0.15, 0.2) is 18.5 Å². The van der Waals surface area contributed by atoms with Crippen molar-refractivity contribution in [1.82, 2.24) is 23.7 Å². The quantitative estimate of drug-likeness (QED) is 0.0914. The number of benzene rings is 2. The van der Waals surface area contributed by atoms with Crippen LogP contribution >= 0.6 is 30.8 Å². The molecule has 3 aromatic heterocycles. The van der Waals surface area contributed by atoms with E-state index in [4.69, 9.17) is 40.8 Å². The molecule has 1 saturated heterocycles. The van der Waals surface area contributed by atoms with Crippen molar-refractivity contribution >= 4 is 51.7 Å². The Labute approximate surface area is 272 Å². The van der Waals surface area contributed by atoms with Gasteiger partial charge in [0, 0.05) is 47.5 Å². The van der Waals surface area contributed by atoms with Gasteiger partial charge >= 0.3 is 7.82 Å². The molecule has 0 bridgehead atoms. The molecular weight excluding hydrogens is 679 g/mol. The van der Waals surface area contributed by atoms with E-state index in [2.05, 4.69) is 14.8 Å². The van der Waals surface area contributed by atoms with Gasteiger partial charge in [-0.1, -0.05) is 23.7 Å². The number of phosphoric acid groups is 1. The van der Waals surface area contributed by atoms with Gasteiger partial charge in [0.25, 0.3) is 0 Å². The van der Waals surface area contributed by atoms with Gasteiger partial charge in [0.2, 0.25) is 16.0 Å². The minimum Gasteiger partial charge on any atom is -0.467 e. The van der Waals surface area contributed by atoms with E-state index >= 15 is 0 Å². The molecule has 242 valence electrons. The lowest BCUT2D eigenvalue weighted by Gasteiger charge is -2.32. The number of sulfonamides is 1. The maximum Gasteiger partial charge on any atom is 0.471 e. The Morgan fingerprint density at radius 3 is 2.74 bits per heavy atom. The number of phosphoric ester groups is 1. The fourth-order valence-electron chi connectivity index (χ4n) is 4.99. The molecule has 18 heteroatoms. The summed E-state index contributed by atoms with van der Waals surface area (Å²) in [6, 6.07) is 14.9. The maximum absolute atomic E-state index is 13.3. The minimum atomic E-state index is -4.64. The van der Waals surface area contributed by atoms with Crippen molar-refractivity contribution in [3.8, 4) is 28.4 Å². The van der Waals surface area contributed by atoms with Gasteiger partial charge in [-0.25, -0.2) is 27.9 Å². The Hall–Kier alpha value is -3.44. The first kappa shape index (κ1) is 32.5. The van der Waals surface area contributed by atoms with Crippen LogP contribution in [0.2, 0.25) is 5.02 Å². The number of aromatic nitrogens is 4. The molecule has 0 aliphatic carbocycles. The first-order valence-corrected chi connectivity index (χ1v) is 18.1. The first-order chi connectivity index (χ1) is 22.1. The monoisotopic (exact) mass is 706 g/mol. The van der Waals surface area contributed by atoms with Crippen molar-refractivity contribution in [1.29, 1.82) is 0 Å². The summed E-state index contributed by atoms with van der Waals surface area (Å²) < 4.78 is 55.6. The zero-order chi connectivity index (χ0) is 32.3. The van der Waals surface area contributed by atoms with Crippen LogP contribution in [0, 0.1) is 0 Å². The van der Waals surface area contributed by atoms with Gasteiger partial charge in [0.1, 0.15) is 11.4 Å². The van der Waals surface area contributed by atoms with Gasteiger partial charge in [-0.05, 0) is 55.3 Å². The number of nitrogens with one attached hydrogen (secondary N) is 1. The van der Waals surface area contributed by atoms with Crippen molar-refractivity contribution in [3.05, 3.63) is 77.4 Å². The molecule has 0 spiro atoms. The molecule has 1 atom stereocenters. The van der Waals surface area contributed by atoms with Crippen LogP contribution in [0.1, 0.15) is 12.8 Å². The van der Waals surface area contributed by atoms with Crippen LogP contribution in [0.5, 0.6) is 5.75 Å². The summed E-state index contributed by atoms with van der Waals surface area (Å²) in [7, 11) is -8.33. The summed E-state index contributed by atoms with van der Waals surface area (Å²) in [6.45, 7) is -0.260. The first-order valence-electron chi connectivity index (χ1n) is 13.9. The Bertz CT molecular complexity index is 1990. The second-order valence-corrected chi connectivity index (χ2v) is 14.6. The van der Waals surface area contributed by atoms with E-state index in [1.54, 1.807) is 42.6 Å². The highest BCUT2D eigenvalue weighted by atomic mass is 35.5. The molecule has 6 rings (SSSR count). The average molecular weight is 707 g/mol. The maximum atomic E-state index is 13.3. The normalized spacial score (nSPS) is 16.1. The molecule has 0 saturated carbocycles. The number of nitrogens with zero attached hydrogens (tertiary/aromatic N) is 5. The molecule has 2 aromatic carbocycles. The van der Waals surface area contributed by atoms with Crippen molar-refractivity contribution in [2.24, 2.45) is 0 Å². The summed E-state index contributed by atoms with van der Waals surface area (Å²) in [5.74, 6) is 0.799. The summed E-state index contributed by atoms with van der Waals surface area (Å²) in [5.41, 5.74) is 2.70. The molecule has 14 nitrogen and oxygen atoms in total. The third kappa shape index (κ3) is 7.57. The van der Waals surface area contributed by atoms with E-state index in [9.17, 15) is 13.0 Å². The highest BCUT2D eigenvalue weighted by Gasteiger charge is 2.31. The summed E-state index contributed by atoms with van der Waals surface area (Å²) >= 11 is 7.42. The third-order valence-electron chi connectivity index (χ3n) is 7.05. The fourth-order valence-corrected chi connectivity index (χ4v) is 7.57. The summed E-state index contributed by atoms with van der Waals surface area (Å²) in [5, 5.41) is 5.72. The van der Waals surface area contributed by atoms with E-state index in [0.717, 1.165) is 22.6 Å². The van der Waals surface area contributed by atoms with E-state index in [-0.39, 0.29) is 24.3 Å². The van der Waals surface area contributed by atoms with Gasteiger partial charge in [-0.3, -0.25) is 8.92 Å². The van der Waals surface area contributed by atoms with Crippen LogP contribution in [0.15, 0.2) is 77.3 Å². The molecule has 1 aliphatic rings. The van der Waals surface area contributed by atoms with Crippen molar-refractivity contribution in [3.63, 3.8) is 0 Å². The van der Waals surface area contributed by atoms with E-state index in [1.165, 1.54) is 27.8 Å². The highest BCUT2D eigenvalue weighted by molar-refractivity contribution is 7.89. The number of anilines is 1. The van der Waals surface area contributed by atoms with Gasteiger partial charge < -0.3 is 24.6 Å². The van der Waals surface area contributed by atoms with Crippen LogP contribution in [0.3, 0.4) is 0 Å². The molecule has 0 amide bonds. The lowest BCUT2D eigenvalue weighted by atomic mass is 10.1. The standard InChI is InChI=1S/C28H28ClN6O8PS2/c29-20-6-8-23(9-7-20)46(39,40)34-12-2-4-21(16-34)31-27-30-11-10-24(32-27)26-25(33-28-35(26)13-14-45-28)19-3-1-5-22(15-19)42-17-41-18-43-44(36,37)38/h1,3,5-11,13-15,21H,2,4,12,16-18H2,(H,30,31,32)(H2,36,37,38)/t21-/m1/s1. The second-order valence-electron chi connectivity index (χ2n) is 10.2. The van der Waals surface area contributed by atoms with Crippen LogP contribution in [-0.2, 0) is 23.8 Å². The Kier molecular flexibility index (Phi) is 9.70. The SMILES string of the molecule is O=P(O)(O)OCOCOc1cccc(-c2nc3sccn3c2-c2ccnc(N[C@@H]3CCCN(S(=O)(=O)c4ccc(Cl)cc4)C3)n2)c1. The minimum absolute atomic E-state index is 0.194. The zero-order valence-corrected chi connectivity index (χ0v) is 27.3. The lowest BCUT2D eigenvalue weighted by molar-refractivity contribution is -0.0623. The fraction of sp³-hybridized carbons (Fsp3) is 0.250. The van der Waals surface area contributed by atoms with Gasteiger partial charge in [-0.2, -0.15) is 4.31 Å². The average Bonchev–Trinajstić information content (AvgIpc) is 3.63. The van der Waals surface area contributed by atoms with Crippen LogP contribution in [0.25, 0.3) is 27.6 Å². The molecule has 0 unspecified atom stereocenters. The Balaban J connectivity index is 1.20. The lowest BCUT2D eigenvalue weighted by Crippen LogP contribution is -2.45. The smallest absolute Gasteiger partial charge is 0.467 e. The van der Waals surface area contributed by atoms with Crippen LogP contribution < -0.4 is 10.1 Å². The molecule has 1 aliphatic heterocycles. The van der Waals surface area contributed by atoms with Crippen molar-refractivity contribution in [2.45, 2.75) is 23.8 Å². The summed E-state index contributed by atoms with van der Waals surface area (Å²) in [4.78, 5) is 32.5. The number of imidazole rings is 1. The predicted octanol–water partition coefficient (Wildman–Crippen LogP) is 4.86. The summed E-state index contributed by atoms with van der Waals surface area (Å²) in [6.07, 6.45) is 4.96. The zero-order valence-electron chi connectivity index (χ0n) is 24.0.